The molecule has 0 heterocycles. The van der Waals surface area contributed by atoms with Gasteiger partial charge in [-0.1, -0.05) is 53.2 Å². The molecule has 0 unspecified atom stereocenters. The summed E-state index contributed by atoms with van der Waals surface area (Å²) in [7, 11) is -4.12. The molecule has 3 aromatic carbocycles. The van der Waals surface area contributed by atoms with Gasteiger partial charge in [0.25, 0.3) is 10.0 Å². The van der Waals surface area contributed by atoms with Gasteiger partial charge in [0, 0.05) is 17.1 Å². The quantitative estimate of drug-likeness (QED) is 0.274. The predicted octanol–water partition coefficient (Wildman–Crippen LogP) is 5.38. The summed E-state index contributed by atoms with van der Waals surface area (Å²) in [5.41, 5.74) is 1.10. The maximum atomic E-state index is 14.0. The molecular weight excluding hydrogens is 594 g/mol. The highest BCUT2D eigenvalue weighted by atomic mass is 79.9. The molecule has 2 amide bonds. The third-order valence-corrected chi connectivity index (χ3v) is 8.74. The Balaban J connectivity index is 2.01. The Kier molecular flexibility index (Phi) is 11.2. The highest BCUT2D eigenvalue weighted by Gasteiger charge is 2.32. The van der Waals surface area contributed by atoms with Crippen LogP contribution in [0, 0.1) is 0 Å². The molecule has 0 bridgehead atoms. The summed E-state index contributed by atoms with van der Waals surface area (Å²) in [6, 6.07) is 21.0. The molecule has 0 saturated heterocycles. The smallest absolute Gasteiger partial charge is 0.264 e. The molecule has 0 aliphatic heterocycles. The fourth-order valence-corrected chi connectivity index (χ4v) is 5.89. The number of sulfonamides is 1. The van der Waals surface area contributed by atoms with E-state index in [1.165, 1.54) is 17.0 Å². The van der Waals surface area contributed by atoms with Crippen molar-refractivity contribution in [1.82, 2.24) is 10.2 Å². The van der Waals surface area contributed by atoms with E-state index >= 15 is 0 Å². The molecule has 2 atom stereocenters. The first-order valence-corrected chi connectivity index (χ1v) is 15.4. The number of anilines is 1. The second-order valence-corrected chi connectivity index (χ2v) is 12.2. The Morgan fingerprint density at radius 1 is 0.950 bits per heavy atom. The third kappa shape index (κ3) is 8.08. The number of hydrogen-bond acceptors (Lipinski definition) is 5. The second kappa shape index (κ2) is 14.3. The van der Waals surface area contributed by atoms with Crippen LogP contribution in [0.15, 0.2) is 88.2 Å². The molecule has 0 aliphatic carbocycles. The number of carbonyl (C=O) groups is 2. The van der Waals surface area contributed by atoms with E-state index in [1.54, 1.807) is 49.4 Å². The Morgan fingerprint density at radius 2 is 1.62 bits per heavy atom. The summed E-state index contributed by atoms with van der Waals surface area (Å²) >= 11 is 3.46. The van der Waals surface area contributed by atoms with Crippen LogP contribution in [0.25, 0.3) is 0 Å². The highest BCUT2D eigenvalue weighted by molar-refractivity contribution is 9.10. The average molecular weight is 631 g/mol. The van der Waals surface area contributed by atoms with Crippen molar-refractivity contribution in [1.29, 1.82) is 0 Å². The Morgan fingerprint density at radius 3 is 2.23 bits per heavy atom. The molecule has 0 radical (unpaired) electrons. The van der Waals surface area contributed by atoms with Crippen molar-refractivity contribution in [2.75, 3.05) is 17.5 Å². The first kappa shape index (κ1) is 31.2. The molecule has 0 aliphatic rings. The molecule has 0 fully saturated rings. The van der Waals surface area contributed by atoms with Gasteiger partial charge >= 0.3 is 0 Å². The molecule has 0 aromatic heterocycles. The van der Waals surface area contributed by atoms with Crippen LogP contribution in [0.2, 0.25) is 0 Å². The van der Waals surface area contributed by atoms with Gasteiger partial charge in [-0.15, -0.1) is 0 Å². The lowest BCUT2D eigenvalue weighted by Gasteiger charge is -2.32. The minimum Gasteiger partial charge on any atom is -0.494 e. The average Bonchev–Trinajstić information content (AvgIpc) is 2.95. The number of ether oxygens (including phenoxy) is 1. The van der Waals surface area contributed by atoms with Crippen molar-refractivity contribution in [3.05, 3.63) is 88.9 Å². The Labute approximate surface area is 245 Å². The van der Waals surface area contributed by atoms with Crippen LogP contribution in [0.5, 0.6) is 5.75 Å². The zero-order valence-electron chi connectivity index (χ0n) is 23.2. The Hall–Kier alpha value is -3.37. The molecule has 10 heteroatoms. The second-order valence-electron chi connectivity index (χ2n) is 9.40. The normalized spacial score (nSPS) is 12.7. The molecule has 3 rings (SSSR count). The van der Waals surface area contributed by atoms with Crippen molar-refractivity contribution in [3.63, 3.8) is 0 Å². The van der Waals surface area contributed by atoms with Crippen LogP contribution in [0.3, 0.4) is 0 Å². The number of amides is 2. The maximum absolute atomic E-state index is 14.0. The van der Waals surface area contributed by atoms with Crippen LogP contribution < -0.4 is 14.4 Å². The monoisotopic (exact) mass is 629 g/mol. The summed E-state index contributed by atoms with van der Waals surface area (Å²) in [6.45, 7) is 7.45. The number of benzene rings is 3. The lowest BCUT2D eigenvalue weighted by Crippen LogP contribution is -2.52. The summed E-state index contributed by atoms with van der Waals surface area (Å²) in [5, 5.41) is 2.93. The van der Waals surface area contributed by atoms with E-state index in [4.69, 9.17) is 4.74 Å². The zero-order valence-corrected chi connectivity index (χ0v) is 25.6. The Bertz CT molecular complexity index is 1380. The van der Waals surface area contributed by atoms with E-state index in [-0.39, 0.29) is 23.4 Å². The van der Waals surface area contributed by atoms with Crippen molar-refractivity contribution < 1.29 is 22.7 Å². The van der Waals surface area contributed by atoms with Crippen LogP contribution in [-0.4, -0.2) is 50.4 Å². The standard InChI is InChI=1S/C30H36BrN3O5S/c1-5-22(3)32-30(36)23(4)33(20-24-11-10-12-25(31)19-24)29(35)21-34(26-15-17-27(18-16-26)39-6-2)40(37,38)28-13-8-7-9-14-28/h7-19,22-23H,5-6,20-21H2,1-4H3,(H,32,36)/t22-,23+/m0/s1. The van der Waals surface area contributed by atoms with Gasteiger partial charge in [-0.25, -0.2) is 8.42 Å². The molecule has 214 valence electrons. The summed E-state index contributed by atoms with van der Waals surface area (Å²) in [6.07, 6.45) is 0.735. The first-order chi connectivity index (χ1) is 19.1. The van der Waals surface area contributed by atoms with Gasteiger partial charge in [-0.3, -0.25) is 13.9 Å². The summed E-state index contributed by atoms with van der Waals surface area (Å²) in [4.78, 5) is 28.6. The fraction of sp³-hybridized carbons (Fsp3) is 0.333. The lowest BCUT2D eigenvalue weighted by molar-refractivity contribution is -0.139. The van der Waals surface area contributed by atoms with E-state index in [0.29, 0.717) is 18.0 Å². The summed E-state index contributed by atoms with van der Waals surface area (Å²) < 4.78 is 35.1. The van der Waals surface area contributed by atoms with Gasteiger partial charge in [0.15, 0.2) is 0 Å². The largest absolute Gasteiger partial charge is 0.494 e. The topological polar surface area (TPSA) is 96.0 Å². The van der Waals surface area contributed by atoms with Crippen molar-refractivity contribution >= 4 is 43.5 Å². The predicted molar refractivity (Wildman–Crippen MR) is 161 cm³/mol. The number of nitrogens with zero attached hydrogens (tertiary/aromatic N) is 2. The van der Waals surface area contributed by atoms with Crippen LogP contribution >= 0.6 is 15.9 Å². The van der Waals surface area contributed by atoms with Gasteiger partial charge in [0.05, 0.1) is 17.2 Å². The van der Waals surface area contributed by atoms with E-state index in [0.717, 1.165) is 20.8 Å². The number of carbonyl (C=O) groups excluding carboxylic acids is 2. The molecule has 0 spiro atoms. The number of hydrogen-bond donors (Lipinski definition) is 1. The molecule has 40 heavy (non-hydrogen) atoms. The van der Waals surface area contributed by atoms with Gasteiger partial charge in [-0.2, -0.15) is 0 Å². The van der Waals surface area contributed by atoms with Gasteiger partial charge in [-0.05, 0) is 81.3 Å². The van der Waals surface area contributed by atoms with Crippen LogP contribution in [0.4, 0.5) is 5.69 Å². The first-order valence-electron chi connectivity index (χ1n) is 13.2. The van der Waals surface area contributed by atoms with Gasteiger partial charge in [0.2, 0.25) is 11.8 Å². The van der Waals surface area contributed by atoms with Crippen LogP contribution in [0.1, 0.15) is 39.7 Å². The maximum Gasteiger partial charge on any atom is 0.264 e. The molecular formula is C30H36BrN3O5S. The van der Waals surface area contributed by atoms with Crippen molar-refractivity contribution in [3.8, 4) is 5.75 Å². The van der Waals surface area contributed by atoms with E-state index in [1.807, 2.05) is 45.0 Å². The molecule has 8 nitrogen and oxygen atoms in total. The van der Waals surface area contributed by atoms with Gasteiger partial charge < -0.3 is 15.0 Å². The number of nitrogens with one attached hydrogen (secondary N) is 1. The molecule has 3 aromatic rings. The third-order valence-electron chi connectivity index (χ3n) is 6.46. The minimum absolute atomic E-state index is 0.0535. The SMILES string of the molecule is CCOc1ccc(N(CC(=O)N(Cc2cccc(Br)c2)[C@H](C)C(=O)N[C@@H](C)CC)S(=O)(=O)c2ccccc2)cc1. The van der Waals surface area contributed by atoms with Gasteiger partial charge in [0.1, 0.15) is 18.3 Å². The minimum atomic E-state index is -4.12. The molecule has 0 saturated carbocycles. The highest BCUT2D eigenvalue weighted by Crippen LogP contribution is 2.27. The fourth-order valence-electron chi connectivity index (χ4n) is 4.00. The van der Waals surface area contributed by atoms with E-state index in [9.17, 15) is 18.0 Å². The van der Waals surface area contributed by atoms with E-state index in [2.05, 4.69) is 21.2 Å². The number of rotatable bonds is 13. The lowest BCUT2D eigenvalue weighted by atomic mass is 10.1. The summed E-state index contributed by atoms with van der Waals surface area (Å²) in [5.74, 6) is -0.238. The van der Waals surface area contributed by atoms with Crippen molar-refractivity contribution in [2.24, 2.45) is 0 Å². The molecule has 1 N–H and O–H groups in total. The van der Waals surface area contributed by atoms with Crippen LogP contribution in [-0.2, 0) is 26.2 Å². The van der Waals surface area contributed by atoms with Crippen molar-refractivity contribution in [2.45, 2.75) is 57.6 Å². The van der Waals surface area contributed by atoms with E-state index < -0.39 is 28.5 Å². The zero-order chi connectivity index (χ0) is 29.3. The number of halogens is 1.